The second-order valence-corrected chi connectivity index (χ2v) is 4.43. The van der Waals surface area contributed by atoms with E-state index in [1.807, 2.05) is 6.92 Å². The molecule has 0 saturated carbocycles. The van der Waals surface area contributed by atoms with E-state index in [9.17, 15) is 0 Å². The Labute approximate surface area is 109 Å². The summed E-state index contributed by atoms with van der Waals surface area (Å²) < 4.78 is 2.31. The van der Waals surface area contributed by atoms with Crippen LogP contribution in [-0.4, -0.2) is 11.1 Å². The Morgan fingerprint density at radius 3 is 2.89 bits per heavy atom. The largest absolute Gasteiger partial charge is 0.346 e. The van der Waals surface area contributed by atoms with Gasteiger partial charge in [0.05, 0.1) is 0 Å². The first kappa shape index (κ1) is 12.7. The van der Waals surface area contributed by atoms with Crippen LogP contribution in [0.15, 0.2) is 30.5 Å². The maximum atomic E-state index is 5.60. The van der Waals surface area contributed by atoms with Gasteiger partial charge in [0.15, 0.2) is 0 Å². The van der Waals surface area contributed by atoms with Gasteiger partial charge in [0.2, 0.25) is 0 Å². The number of hydrogen-bond acceptors (Lipinski definition) is 1. The number of nitrogens with two attached hydrogens (primary N) is 1. The third-order valence-electron chi connectivity index (χ3n) is 3.18. The molecule has 1 aromatic carbocycles. The molecule has 18 heavy (non-hydrogen) atoms. The summed E-state index contributed by atoms with van der Waals surface area (Å²) >= 11 is 0. The molecule has 0 amide bonds. The van der Waals surface area contributed by atoms with Crippen LogP contribution >= 0.6 is 0 Å². The molecule has 2 rings (SSSR count). The lowest BCUT2D eigenvalue weighted by Crippen LogP contribution is -2.00. The number of hydrogen-bond donors (Lipinski definition) is 1. The average Bonchev–Trinajstić information content (AvgIpc) is 2.76. The molecule has 0 aliphatic rings. The molecule has 1 heterocycles. The molecule has 0 atom stereocenters. The van der Waals surface area contributed by atoms with Crippen LogP contribution in [0.5, 0.6) is 0 Å². The molecule has 0 bridgehead atoms. The van der Waals surface area contributed by atoms with Crippen molar-refractivity contribution < 1.29 is 0 Å². The van der Waals surface area contributed by atoms with Crippen LogP contribution < -0.4 is 5.73 Å². The van der Waals surface area contributed by atoms with Crippen LogP contribution in [0.3, 0.4) is 0 Å². The highest BCUT2D eigenvalue weighted by molar-refractivity contribution is 5.84. The lowest BCUT2D eigenvalue weighted by molar-refractivity contribution is 0.741. The topological polar surface area (TPSA) is 30.9 Å². The average molecular weight is 240 g/mol. The van der Waals surface area contributed by atoms with E-state index < -0.39 is 0 Å². The number of aromatic nitrogens is 1. The fourth-order valence-corrected chi connectivity index (χ4v) is 2.30. The summed E-state index contributed by atoms with van der Waals surface area (Å²) in [4.78, 5) is 0. The third-order valence-corrected chi connectivity index (χ3v) is 3.18. The summed E-state index contributed by atoms with van der Waals surface area (Å²) in [5, 5.41) is 1.36. The molecule has 0 unspecified atom stereocenters. The van der Waals surface area contributed by atoms with Gasteiger partial charge in [-0.15, -0.1) is 11.8 Å². The van der Waals surface area contributed by atoms with Gasteiger partial charge in [-0.2, -0.15) is 0 Å². The molecule has 0 aliphatic carbocycles. The first-order valence-electron chi connectivity index (χ1n) is 6.53. The first-order valence-corrected chi connectivity index (χ1v) is 6.53. The molecule has 0 aliphatic heterocycles. The molecule has 2 N–H and O–H groups in total. The zero-order chi connectivity index (χ0) is 12.8. The minimum absolute atomic E-state index is 0.751. The van der Waals surface area contributed by atoms with Crippen molar-refractivity contribution in [1.82, 2.24) is 4.57 Å². The molecule has 0 spiro atoms. The fourth-order valence-electron chi connectivity index (χ4n) is 2.30. The maximum Gasteiger partial charge on any atom is 0.0483 e. The number of fused-ring (bicyclic) bond motifs is 1. The lowest BCUT2D eigenvalue weighted by atomic mass is 10.1. The Hall–Kier alpha value is -1.72. The molecule has 2 nitrogen and oxygen atoms in total. The molecule has 0 fully saturated rings. The quantitative estimate of drug-likeness (QED) is 0.800. The van der Waals surface area contributed by atoms with Crippen molar-refractivity contribution in [3.05, 3.63) is 36.0 Å². The van der Waals surface area contributed by atoms with Gasteiger partial charge in [-0.3, -0.25) is 0 Å². The van der Waals surface area contributed by atoms with Crippen LogP contribution in [0.1, 0.15) is 25.3 Å². The summed E-state index contributed by atoms with van der Waals surface area (Å²) in [5.41, 5.74) is 8.31. The Morgan fingerprint density at radius 2 is 2.11 bits per heavy atom. The number of aryl methyl sites for hydroxylation is 2. The zero-order valence-corrected chi connectivity index (χ0v) is 10.9. The van der Waals surface area contributed by atoms with Gasteiger partial charge < -0.3 is 10.3 Å². The van der Waals surface area contributed by atoms with Gasteiger partial charge in [-0.05, 0) is 37.9 Å². The van der Waals surface area contributed by atoms with Crippen molar-refractivity contribution in [2.24, 2.45) is 5.73 Å². The van der Waals surface area contributed by atoms with E-state index in [2.05, 4.69) is 46.9 Å². The smallest absolute Gasteiger partial charge is 0.0483 e. The van der Waals surface area contributed by atoms with E-state index in [1.165, 1.54) is 16.5 Å². The molecule has 2 aromatic rings. The van der Waals surface area contributed by atoms with Crippen LogP contribution in [-0.2, 0) is 13.0 Å². The van der Waals surface area contributed by atoms with E-state index in [-0.39, 0.29) is 0 Å². The Kier molecular flexibility index (Phi) is 4.44. The normalized spacial score (nSPS) is 10.3. The van der Waals surface area contributed by atoms with Crippen molar-refractivity contribution in [3.8, 4) is 11.8 Å². The van der Waals surface area contributed by atoms with Crippen molar-refractivity contribution in [3.63, 3.8) is 0 Å². The standard InChI is InChI=1S/C16H20N2/c1-2-3-6-12-18-13-14(8-7-11-17)15-9-4-5-10-16(15)18/h4-5,9-10,13H,6-8,11-12,17H2,1H3. The van der Waals surface area contributed by atoms with Gasteiger partial charge in [0.1, 0.15) is 0 Å². The first-order chi connectivity index (χ1) is 8.86. The van der Waals surface area contributed by atoms with Crippen molar-refractivity contribution in [1.29, 1.82) is 0 Å². The van der Waals surface area contributed by atoms with E-state index in [0.29, 0.717) is 0 Å². The van der Waals surface area contributed by atoms with Crippen LogP contribution in [0.2, 0.25) is 0 Å². The van der Waals surface area contributed by atoms with Crippen molar-refractivity contribution in [2.75, 3.05) is 6.54 Å². The van der Waals surface area contributed by atoms with Crippen molar-refractivity contribution >= 4 is 10.9 Å². The summed E-state index contributed by atoms with van der Waals surface area (Å²) in [6.07, 6.45) is 5.27. The van der Waals surface area contributed by atoms with E-state index >= 15 is 0 Å². The highest BCUT2D eigenvalue weighted by Crippen LogP contribution is 2.22. The van der Waals surface area contributed by atoms with Crippen LogP contribution in [0.4, 0.5) is 0 Å². The Balaban J connectivity index is 2.30. The number of rotatable bonds is 5. The van der Waals surface area contributed by atoms with E-state index in [1.54, 1.807) is 0 Å². The Bertz CT molecular complexity index is 570. The van der Waals surface area contributed by atoms with Gasteiger partial charge in [-0.25, -0.2) is 0 Å². The highest BCUT2D eigenvalue weighted by atomic mass is 15.0. The predicted octanol–water partition coefficient (Wildman–Crippen LogP) is 2.95. The summed E-state index contributed by atoms with van der Waals surface area (Å²) in [5.74, 6) is 6.07. The monoisotopic (exact) mass is 240 g/mol. The van der Waals surface area contributed by atoms with Crippen LogP contribution in [0, 0.1) is 11.8 Å². The molecule has 2 heteroatoms. The predicted molar refractivity (Wildman–Crippen MR) is 77.4 cm³/mol. The second kappa shape index (κ2) is 6.28. The number of nitrogens with zero attached hydrogens (tertiary/aromatic N) is 1. The maximum absolute atomic E-state index is 5.60. The van der Waals surface area contributed by atoms with E-state index in [4.69, 9.17) is 5.73 Å². The molecular weight excluding hydrogens is 220 g/mol. The number of benzene rings is 1. The van der Waals surface area contributed by atoms with E-state index in [0.717, 1.165) is 32.4 Å². The zero-order valence-electron chi connectivity index (χ0n) is 10.9. The molecule has 94 valence electrons. The molecular formula is C16H20N2. The lowest BCUT2D eigenvalue weighted by Gasteiger charge is -2.01. The highest BCUT2D eigenvalue weighted by Gasteiger charge is 2.06. The third kappa shape index (κ3) is 2.75. The van der Waals surface area contributed by atoms with Gasteiger partial charge in [0.25, 0.3) is 0 Å². The van der Waals surface area contributed by atoms with Crippen LogP contribution in [0.25, 0.3) is 10.9 Å². The molecule has 0 radical (unpaired) electrons. The molecule has 1 aromatic heterocycles. The Morgan fingerprint density at radius 1 is 1.28 bits per heavy atom. The van der Waals surface area contributed by atoms with Crippen molar-refractivity contribution in [2.45, 2.75) is 32.7 Å². The SMILES string of the molecule is CC#CCCn1cc(CCCN)c2ccccc21. The minimum atomic E-state index is 0.751. The summed E-state index contributed by atoms with van der Waals surface area (Å²) in [7, 11) is 0. The summed E-state index contributed by atoms with van der Waals surface area (Å²) in [6, 6.07) is 8.57. The van der Waals surface area contributed by atoms with Gasteiger partial charge in [-0.1, -0.05) is 18.2 Å². The van der Waals surface area contributed by atoms with Gasteiger partial charge in [0, 0.05) is 30.1 Å². The summed E-state index contributed by atoms with van der Waals surface area (Å²) in [6.45, 7) is 3.60. The molecule has 0 saturated heterocycles. The number of para-hydroxylation sites is 1. The van der Waals surface area contributed by atoms with Gasteiger partial charge >= 0.3 is 0 Å². The second-order valence-electron chi connectivity index (χ2n) is 4.43. The minimum Gasteiger partial charge on any atom is -0.346 e. The fraction of sp³-hybridized carbons (Fsp3) is 0.375.